The average Bonchev–Trinajstić information content (AvgIpc) is 2.88. The van der Waals surface area contributed by atoms with Gasteiger partial charge in [-0.3, -0.25) is 4.57 Å². The Labute approximate surface area is 127 Å². The van der Waals surface area contributed by atoms with E-state index in [-0.39, 0.29) is 0 Å². The van der Waals surface area contributed by atoms with Crippen LogP contribution in [0.15, 0.2) is 36.5 Å². The molecule has 0 amide bonds. The second kappa shape index (κ2) is 6.44. The van der Waals surface area contributed by atoms with Crippen molar-refractivity contribution in [3.63, 3.8) is 0 Å². The summed E-state index contributed by atoms with van der Waals surface area (Å²) in [5.74, 6) is 1.84. The van der Waals surface area contributed by atoms with Crippen LogP contribution in [0, 0.1) is 12.8 Å². The molecule has 3 nitrogen and oxygen atoms in total. The van der Waals surface area contributed by atoms with E-state index in [1.807, 2.05) is 6.20 Å². The Hall–Kier alpha value is -1.61. The van der Waals surface area contributed by atoms with Gasteiger partial charge in [0.2, 0.25) is 0 Å². The summed E-state index contributed by atoms with van der Waals surface area (Å²) >= 11 is 0. The fourth-order valence-corrected chi connectivity index (χ4v) is 3.40. The van der Waals surface area contributed by atoms with Crippen molar-refractivity contribution in [1.29, 1.82) is 0 Å². The molecule has 0 radical (unpaired) electrons. The maximum atomic E-state index is 4.50. The highest BCUT2D eigenvalue weighted by atomic mass is 15.1. The highest BCUT2D eigenvalue weighted by Crippen LogP contribution is 2.24. The fraction of sp³-hybridized carbons (Fsp3) is 0.500. The predicted octanol–water partition coefficient (Wildman–Crippen LogP) is 3.85. The van der Waals surface area contributed by atoms with Gasteiger partial charge in [0.05, 0.1) is 11.9 Å². The van der Waals surface area contributed by atoms with E-state index in [1.165, 1.54) is 37.1 Å². The molecule has 2 atom stereocenters. The molecular formula is C18H25N3. The average molecular weight is 283 g/mol. The second-order valence-corrected chi connectivity index (χ2v) is 6.22. The Kier molecular flexibility index (Phi) is 4.39. The van der Waals surface area contributed by atoms with Crippen LogP contribution in [-0.2, 0) is 6.54 Å². The third-order valence-corrected chi connectivity index (χ3v) is 4.68. The van der Waals surface area contributed by atoms with Crippen molar-refractivity contribution >= 4 is 0 Å². The molecule has 112 valence electrons. The van der Waals surface area contributed by atoms with Gasteiger partial charge in [0.15, 0.2) is 0 Å². The standard InChI is InChI=1S/C18H25N3/c1-14-8-6-7-11-18(14)20-13-17-12-19-15(2)21(17)16-9-4-3-5-10-16/h3-5,9-10,12,14,18,20H,6-8,11,13H2,1-2H3. The van der Waals surface area contributed by atoms with Gasteiger partial charge >= 0.3 is 0 Å². The Morgan fingerprint density at radius 1 is 1.19 bits per heavy atom. The third-order valence-electron chi connectivity index (χ3n) is 4.68. The summed E-state index contributed by atoms with van der Waals surface area (Å²) in [6.45, 7) is 5.33. The molecule has 0 bridgehead atoms. The van der Waals surface area contributed by atoms with Crippen molar-refractivity contribution in [3.8, 4) is 5.69 Å². The Balaban J connectivity index is 1.74. The van der Waals surface area contributed by atoms with Crippen molar-refractivity contribution in [3.05, 3.63) is 48.0 Å². The van der Waals surface area contributed by atoms with E-state index in [2.05, 4.69) is 59.0 Å². The third kappa shape index (κ3) is 3.18. The monoisotopic (exact) mass is 283 g/mol. The van der Waals surface area contributed by atoms with Gasteiger partial charge in [0.25, 0.3) is 0 Å². The first-order valence-corrected chi connectivity index (χ1v) is 8.07. The second-order valence-electron chi connectivity index (χ2n) is 6.22. The van der Waals surface area contributed by atoms with Crippen LogP contribution in [0.4, 0.5) is 0 Å². The molecule has 1 aliphatic carbocycles. The van der Waals surface area contributed by atoms with E-state index in [4.69, 9.17) is 0 Å². The first-order chi connectivity index (χ1) is 10.3. The van der Waals surface area contributed by atoms with E-state index in [0.29, 0.717) is 6.04 Å². The molecule has 21 heavy (non-hydrogen) atoms. The number of para-hydroxylation sites is 1. The Morgan fingerprint density at radius 3 is 2.71 bits per heavy atom. The van der Waals surface area contributed by atoms with Crippen LogP contribution >= 0.6 is 0 Å². The number of rotatable bonds is 4. The number of hydrogen-bond donors (Lipinski definition) is 1. The summed E-state index contributed by atoms with van der Waals surface area (Å²) in [5, 5.41) is 3.75. The van der Waals surface area contributed by atoms with Gasteiger partial charge in [-0.25, -0.2) is 4.98 Å². The van der Waals surface area contributed by atoms with Crippen molar-refractivity contribution in [1.82, 2.24) is 14.9 Å². The molecule has 1 N–H and O–H groups in total. The SMILES string of the molecule is Cc1ncc(CNC2CCCCC2C)n1-c1ccccc1. The smallest absolute Gasteiger partial charge is 0.110 e. The van der Waals surface area contributed by atoms with Gasteiger partial charge in [0.1, 0.15) is 5.82 Å². The molecule has 1 saturated carbocycles. The number of aromatic nitrogens is 2. The van der Waals surface area contributed by atoms with Crippen LogP contribution in [0.25, 0.3) is 5.69 Å². The van der Waals surface area contributed by atoms with Crippen LogP contribution in [0.1, 0.15) is 44.1 Å². The lowest BCUT2D eigenvalue weighted by Gasteiger charge is -2.29. The molecule has 1 aromatic carbocycles. The zero-order valence-electron chi connectivity index (χ0n) is 13.0. The highest BCUT2D eigenvalue weighted by Gasteiger charge is 2.21. The zero-order valence-corrected chi connectivity index (χ0v) is 13.0. The number of imidazole rings is 1. The Bertz CT molecular complexity index is 573. The number of nitrogens with zero attached hydrogens (tertiary/aromatic N) is 2. The van der Waals surface area contributed by atoms with E-state index < -0.39 is 0 Å². The molecule has 3 rings (SSSR count). The van der Waals surface area contributed by atoms with Crippen molar-refractivity contribution < 1.29 is 0 Å². The van der Waals surface area contributed by atoms with Gasteiger partial charge in [-0.1, -0.05) is 38.0 Å². The molecule has 1 fully saturated rings. The van der Waals surface area contributed by atoms with Crippen LogP contribution in [0.3, 0.4) is 0 Å². The molecule has 2 unspecified atom stereocenters. The van der Waals surface area contributed by atoms with Crippen LogP contribution in [-0.4, -0.2) is 15.6 Å². The minimum atomic E-state index is 0.651. The van der Waals surface area contributed by atoms with Crippen LogP contribution < -0.4 is 5.32 Å². The lowest BCUT2D eigenvalue weighted by Crippen LogP contribution is -2.37. The van der Waals surface area contributed by atoms with E-state index in [1.54, 1.807) is 0 Å². The van der Waals surface area contributed by atoms with Gasteiger partial charge in [-0.05, 0) is 37.8 Å². The lowest BCUT2D eigenvalue weighted by molar-refractivity contribution is 0.278. The van der Waals surface area contributed by atoms with E-state index in [0.717, 1.165) is 18.3 Å². The summed E-state index contributed by atoms with van der Waals surface area (Å²) in [5.41, 5.74) is 2.44. The fourth-order valence-electron chi connectivity index (χ4n) is 3.40. The van der Waals surface area contributed by atoms with Gasteiger partial charge < -0.3 is 5.32 Å². The molecule has 1 aliphatic rings. The predicted molar refractivity (Wildman–Crippen MR) is 86.6 cm³/mol. The number of nitrogens with one attached hydrogen (secondary N) is 1. The minimum absolute atomic E-state index is 0.651. The molecule has 1 heterocycles. The maximum Gasteiger partial charge on any atom is 0.110 e. The van der Waals surface area contributed by atoms with E-state index >= 15 is 0 Å². The summed E-state index contributed by atoms with van der Waals surface area (Å²) in [7, 11) is 0. The topological polar surface area (TPSA) is 29.9 Å². The summed E-state index contributed by atoms with van der Waals surface area (Å²) in [4.78, 5) is 4.50. The van der Waals surface area contributed by atoms with Gasteiger partial charge in [-0.2, -0.15) is 0 Å². The summed E-state index contributed by atoms with van der Waals surface area (Å²) in [6, 6.07) is 11.1. The minimum Gasteiger partial charge on any atom is -0.308 e. The van der Waals surface area contributed by atoms with Crippen molar-refractivity contribution in [2.24, 2.45) is 5.92 Å². The first-order valence-electron chi connectivity index (χ1n) is 8.07. The molecule has 3 heteroatoms. The van der Waals surface area contributed by atoms with Crippen LogP contribution in [0.5, 0.6) is 0 Å². The molecule has 1 aromatic heterocycles. The molecule has 0 saturated heterocycles. The number of hydrogen-bond acceptors (Lipinski definition) is 2. The lowest BCUT2D eigenvalue weighted by atomic mass is 9.86. The van der Waals surface area contributed by atoms with Crippen LogP contribution in [0.2, 0.25) is 0 Å². The molecule has 0 spiro atoms. The molecular weight excluding hydrogens is 258 g/mol. The number of benzene rings is 1. The zero-order chi connectivity index (χ0) is 14.7. The van der Waals surface area contributed by atoms with Gasteiger partial charge in [0, 0.05) is 18.3 Å². The summed E-state index contributed by atoms with van der Waals surface area (Å²) in [6.07, 6.45) is 7.41. The van der Waals surface area contributed by atoms with E-state index in [9.17, 15) is 0 Å². The van der Waals surface area contributed by atoms with Crippen molar-refractivity contribution in [2.75, 3.05) is 0 Å². The Morgan fingerprint density at radius 2 is 1.95 bits per heavy atom. The van der Waals surface area contributed by atoms with Gasteiger partial charge in [-0.15, -0.1) is 0 Å². The largest absolute Gasteiger partial charge is 0.308 e. The first kappa shape index (κ1) is 14.3. The summed E-state index contributed by atoms with van der Waals surface area (Å²) < 4.78 is 2.25. The molecule has 0 aliphatic heterocycles. The molecule has 2 aromatic rings. The van der Waals surface area contributed by atoms with Crippen molar-refractivity contribution in [2.45, 2.75) is 52.1 Å². The highest BCUT2D eigenvalue weighted by molar-refractivity contribution is 5.35. The normalized spacial score (nSPS) is 22.4. The number of aryl methyl sites for hydroxylation is 1. The maximum absolute atomic E-state index is 4.50. The quantitative estimate of drug-likeness (QED) is 0.923.